The Morgan fingerprint density at radius 3 is 2.35 bits per heavy atom. The molecule has 0 aliphatic rings. The standard InChI is InChI=1S/C15H12Br2Cl2O/c1-8-5-9(18)3-4-11(8)14(17)12-6-10(19)7-13(16)15(12)20-2/h3-7,14H,1-2H3. The van der Waals surface area contributed by atoms with Gasteiger partial charge in [0, 0.05) is 15.6 Å². The third-order valence-electron chi connectivity index (χ3n) is 3.02. The van der Waals surface area contributed by atoms with Gasteiger partial charge >= 0.3 is 0 Å². The fraction of sp³-hybridized carbons (Fsp3) is 0.200. The van der Waals surface area contributed by atoms with Gasteiger partial charge < -0.3 is 4.74 Å². The van der Waals surface area contributed by atoms with Gasteiger partial charge in [-0.15, -0.1) is 0 Å². The third kappa shape index (κ3) is 3.33. The molecule has 0 heterocycles. The number of methoxy groups -OCH3 is 1. The number of halogens is 4. The van der Waals surface area contributed by atoms with Crippen molar-refractivity contribution in [2.24, 2.45) is 0 Å². The molecule has 0 saturated heterocycles. The number of ether oxygens (including phenoxy) is 1. The van der Waals surface area contributed by atoms with E-state index in [0.29, 0.717) is 5.02 Å². The van der Waals surface area contributed by atoms with Crippen molar-refractivity contribution < 1.29 is 4.74 Å². The highest BCUT2D eigenvalue weighted by Gasteiger charge is 2.20. The van der Waals surface area contributed by atoms with Crippen LogP contribution in [-0.4, -0.2) is 7.11 Å². The van der Waals surface area contributed by atoms with Gasteiger partial charge in [-0.25, -0.2) is 0 Å². The average molecular weight is 439 g/mol. The minimum Gasteiger partial charge on any atom is -0.495 e. The summed E-state index contributed by atoms with van der Waals surface area (Å²) in [5.41, 5.74) is 3.21. The Labute approximate surface area is 145 Å². The first-order chi connectivity index (χ1) is 9.43. The van der Waals surface area contributed by atoms with Crippen LogP contribution in [0.15, 0.2) is 34.8 Å². The van der Waals surface area contributed by atoms with E-state index in [1.54, 1.807) is 7.11 Å². The molecule has 0 saturated carbocycles. The molecule has 5 heteroatoms. The lowest BCUT2D eigenvalue weighted by atomic mass is 10.00. The Morgan fingerprint density at radius 1 is 1.05 bits per heavy atom. The van der Waals surface area contributed by atoms with Crippen molar-refractivity contribution in [2.75, 3.05) is 7.11 Å². The first-order valence-electron chi connectivity index (χ1n) is 5.87. The summed E-state index contributed by atoms with van der Waals surface area (Å²) < 4.78 is 6.31. The van der Waals surface area contributed by atoms with Gasteiger partial charge in [0.25, 0.3) is 0 Å². The number of alkyl halides is 1. The van der Waals surface area contributed by atoms with Crippen molar-refractivity contribution in [1.82, 2.24) is 0 Å². The molecule has 0 aromatic heterocycles. The van der Waals surface area contributed by atoms with Crippen LogP contribution in [-0.2, 0) is 0 Å². The van der Waals surface area contributed by atoms with Crippen molar-refractivity contribution >= 4 is 55.1 Å². The van der Waals surface area contributed by atoms with Crippen molar-refractivity contribution in [2.45, 2.75) is 11.8 Å². The van der Waals surface area contributed by atoms with Gasteiger partial charge in [0.1, 0.15) is 5.75 Å². The van der Waals surface area contributed by atoms with E-state index in [1.807, 2.05) is 37.3 Å². The summed E-state index contributed by atoms with van der Waals surface area (Å²) in [7, 11) is 1.64. The smallest absolute Gasteiger partial charge is 0.137 e. The molecule has 0 N–H and O–H groups in total. The lowest BCUT2D eigenvalue weighted by Gasteiger charge is -2.18. The maximum atomic E-state index is 6.15. The molecule has 2 aromatic rings. The number of rotatable bonds is 3. The molecular formula is C15H12Br2Cl2O. The lowest BCUT2D eigenvalue weighted by molar-refractivity contribution is 0.408. The van der Waals surface area contributed by atoms with Crippen molar-refractivity contribution in [3.05, 3.63) is 61.5 Å². The molecular weight excluding hydrogens is 427 g/mol. The van der Waals surface area contributed by atoms with Crippen LogP contribution < -0.4 is 4.74 Å². The fourth-order valence-corrected chi connectivity index (χ4v) is 4.15. The first kappa shape index (κ1) is 16.2. The molecule has 2 rings (SSSR count). The van der Waals surface area contributed by atoms with E-state index in [4.69, 9.17) is 27.9 Å². The van der Waals surface area contributed by atoms with Crippen molar-refractivity contribution in [3.63, 3.8) is 0 Å². The molecule has 1 atom stereocenters. The van der Waals surface area contributed by atoms with Crippen LogP contribution in [0.25, 0.3) is 0 Å². The summed E-state index contributed by atoms with van der Waals surface area (Å²) in [6.07, 6.45) is 0. The van der Waals surface area contributed by atoms with E-state index in [0.717, 1.165) is 31.9 Å². The highest BCUT2D eigenvalue weighted by atomic mass is 79.9. The van der Waals surface area contributed by atoms with Gasteiger partial charge in [-0.2, -0.15) is 0 Å². The van der Waals surface area contributed by atoms with E-state index < -0.39 is 0 Å². The molecule has 2 aromatic carbocycles. The van der Waals surface area contributed by atoms with Crippen LogP contribution in [0.1, 0.15) is 21.5 Å². The minimum absolute atomic E-state index is 0.0234. The molecule has 1 nitrogen and oxygen atoms in total. The first-order valence-corrected chi connectivity index (χ1v) is 8.33. The Morgan fingerprint density at radius 2 is 1.75 bits per heavy atom. The highest BCUT2D eigenvalue weighted by molar-refractivity contribution is 9.10. The van der Waals surface area contributed by atoms with Gasteiger partial charge in [0.15, 0.2) is 0 Å². The zero-order chi connectivity index (χ0) is 14.9. The summed E-state index contributed by atoms with van der Waals surface area (Å²) in [5, 5.41) is 1.38. The maximum absolute atomic E-state index is 6.15. The van der Waals surface area contributed by atoms with E-state index >= 15 is 0 Å². The Balaban J connectivity index is 2.55. The van der Waals surface area contributed by atoms with Gasteiger partial charge in [-0.1, -0.05) is 45.2 Å². The molecule has 0 aliphatic heterocycles. The van der Waals surface area contributed by atoms with Crippen molar-refractivity contribution in [3.8, 4) is 5.75 Å². The Bertz CT molecular complexity index is 644. The van der Waals surface area contributed by atoms with Crippen LogP contribution in [0, 0.1) is 6.92 Å². The van der Waals surface area contributed by atoms with Gasteiger partial charge in [-0.05, 0) is 58.2 Å². The molecule has 106 valence electrons. The number of benzene rings is 2. The Hall–Kier alpha value is -0.220. The van der Waals surface area contributed by atoms with Crippen LogP contribution in [0.2, 0.25) is 10.0 Å². The summed E-state index contributed by atoms with van der Waals surface area (Å²) in [4.78, 5) is -0.0234. The normalized spacial score (nSPS) is 12.3. The van der Waals surface area contributed by atoms with Crippen LogP contribution in [0.5, 0.6) is 5.75 Å². The largest absolute Gasteiger partial charge is 0.495 e. The summed E-state index contributed by atoms with van der Waals surface area (Å²) in [6.45, 7) is 2.03. The number of aryl methyl sites for hydroxylation is 1. The fourth-order valence-electron chi connectivity index (χ4n) is 2.07. The zero-order valence-corrected chi connectivity index (χ0v) is 15.6. The molecule has 0 radical (unpaired) electrons. The van der Waals surface area contributed by atoms with E-state index in [1.165, 1.54) is 0 Å². The molecule has 20 heavy (non-hydrogen) atoms. The molecule has 0 spiro atoms. The molecule has 0 amide bonds. The molecule has 1 unspecified atom stereocenters. The predicted octanol–water partition coefficient (Wildman–Crippen LogP) is 6.56. The molecule has 0 fully saturated rings. The van der Waals surface area contributed by atoms with E-state index in [2.05, 4.69) is 31.9 Å². The second-order valence-corrected chi connectivity index (χ2v) is 7.02. The topological polar surface area (TPSA) is 9.23 Å². The lowest BCUT2D eigenvalue weighted by Crippen LogP contribution is -2.00. The van der Waals surface area contributed by atoms with E-state index in [9.17, 15) is 0 Å². The SMILES string of the molecule is COc1c(Br)cc(Cl)cc1C(Br)c1ccc(Cl)cc1C. The minimum atomic E-state index is -0.0234. The highest BCUT2D eigenvalue weighted by Crippen LogP contribution is 2.43. The van der Waals surface area contributed by atoms with Gasteiger partial charge in [0.05, 0.1) is 16.4 Å². The van der Waals surface area contributed by atoms with Gasteiger partial charge in [-0.3, -0.25) is 0 Å². The second-order valence-electron chi connectivity index (χ2n) is 4.37. The van der Waals surface area contributed by atoms with Crippen LogP contribution in [0.4, 0.5) is 0 Å². The zero-order valence-electron chi connectivity index (χ0n) is 10.9. The third-order valence-corrected chi connectivity index (χ3v) is 5.05. The van der Waals surface area contributed by atoms with Crippen LogP contribution in [0.3, 0.4) is 0 Å². The molecule has 0 bridgehead atoms. The predicted molar refractivity (Wildman–Crippen MR) is 92.7 cm³/mol. The number of hydrogen-bond donors (Lipinski definition) is 0. The van der Waals surface area contributed by atoms with E-state index in [-0.39, 0.29) is 4.83 Å². The van der Waals surface area contributed by atoms with Gasteiger partial charge in [0.2, 0.25) is 0 Å². The maximum Gasteiger partial charge on any atom is 0.137 e. The number of hydrogen-bond acceptors (Lipinski definition) is 1. The Kier molecular flexibility index (Phi) is 5.41. The monoisotopic (exact) mass is 436 g/mol. The average Bonchev–Trinajstić information content (AvgIpc) is 2.37. The quantitative estimate of drug-likeness (QED) is 0.493. The summed E-state index contributed by atoms with van der Waals surface area (Å²) >= 11 is 19.4. The van der Waals surface area contributed by atoms with Crippen LogP contribution >= 0.6 is 55.1 Å². The second kappa shape index (κ2) is 6.69. The van der Waals surface area contributed by atoms with Crippen molar-refractivity contribution in [1.29, 1.82) is 0 Å². The molecule has 0 aliphatic carbocycles. The summed E-state index contributed by atoms with van der Waals surface area (Å²) in [6, 6.07) is 9.55. The summed E-state index contributed by atoms with van der Waals surface area (Å²) in [5.74, 6) is 0.769.